The molecule has 0 radical (unpaired) electrons. The molecule has 9 rings (SSSR count). The Hall–Kier alpha value is -4.48. The Balaban J connectivity index is 1.10. The highest BCUT2D eigenvalue weighted by Crippen LogP contribution is 2.49. The number of hydrogen-bond acceptors (Lipinski definition) is 11. The summed E-state index contributed by atoms with van der Waals surface area (Å²) < 4.78 is 41.0. The minimum Gasteiger partial charge on any atom is -0.490 e. The molecule has 3 aromatic rings. The smallest absolute Gasteiger partial charge is 0.286 e. The van der Waals surface area contributed by atoms with Gasteiger partial charge in [0.1, 0.15) is 21.2 Å². The van der Waals surface area contributed by atoms with E-state index in [9.17, 15) is 23.7 Å². The van der Waals surface area contributed by atoms with Crippen LogP contribution in [0.25, 0.3) is 0 Å². The predicted octanol–water partition coefficient (Wildman–Crippen LogP) is 4.79. The van der Waals surface area contributed by atoms with Gasteiger partial charge in [-0.2, -0.15) is 0 Å². The fourth-order valence-corrected chi connectivity index (χ4v) is 12.9. The lowest BCUT2D eigenvalue weighted by atomic mass is 9.63. The van der Waals surface area contributed by atoms with Crippen LogP contribution in [0.2, 0.25) is 5.02 Å². The predicted molar refractivity (Wildman–Crippen MR) is 239 cm³/mol. The van der Waals surface area contributed by atoms with Gasteiger partial charge < -0.3 is 29.1 Å². The molecule has 1 spiro atoms. The largest absolute Gasteiger partial charge is 0.490 e. The first-order valence-electron chi connectivity index (χ1n) is 22.2. The molecule has 2 bridgehead atoms. The molecule has 1 aromatic heterocycles. The third kappa shape index (κ3) is 8.85. The lowest BCUT2D eigenvalue weighted by molar-refractivity contribution is -0.145. The van der Waals surface area contributed by atoms with E-state index in [1.54, 1.807) is 31.3 Å². The van der Waals surface area contributed by atoms with Crippen LogP contribution in [0.15, 0.2) is 59.1 Å². The van der Waals surface area contributed by atoms with Gasteiger partial charge in [-0.25, -0.2) is 4.21 Å². The van der Waals surface area contributed by atoms with Crippen molar-refractivity contribution in [1.29, 1.82) is 0 Å². The van der Waals surface area contributed by atoms with Crippen molar-refractivity contribution in [2.45, 2.75) is 68.9 Å². The number of nitrogens with zero attached hydrogens (tertiary/aromatic N) is 6. The van der Waals surface area contributed by atoms with Gasteiger partial charge in [0.15, 0.2) is 0 Å². The van der Waals surface area contributed by atoms with Crippen molar-refractivity contribution in [1.82, 2.24) is 24.3 Å². The van der Waals surface area contributed by atoms with E-state index < -0.39 is 32.7 Å². The maximum absolute atomic E-state index is 14.9. The van der Waals surface area contributed by atoms with Crippen LogP contribution < -0.4 is 19.1 Å². The van der Waals surface area contributed by atoms with E-state index >= 15 is 0 Å². The molecule has 2 saturated heterocycles. The molecule has 7 atom stereocenters. The third-order valence-corrected chi connectivity index (χ3v) is 16.4. The molecule has 2 N–H and O–H groups in total. The second-order valence-corrected chi connectivity index (χ2v) is 21.0. The number of carbonyl (C=O) groups is 3. The Morgan fingerprint density at radius 3 is 2.79 bits per heavy atom. The second kappa shape index (κ2) is 17.5. The number of piperazine rings is 1. The van der Waals surface area contributed by atoms with Gasteiger partial charge in [-0.05, 0) is 97.7 Å². The highest BCUT2D eigenvalue weighted by molar-refractivity contribution is 7.92. The summed E-state index contributed by atoms with van der Waals surface area (Å²) >= 11 is 6.52. The van der Waals surface area contributed by atoms with Crippen molar-refractivity contribution < 1.29 is 37.9 Å². The number of nitrogens with one attached hydrogen (secondary N) is 1. The molecule has 2 aliphatic carbocycles. The van der Waals surface area contributed by atoms with Gasteiger partial charge in [0.25, 0.3) is 11.8 Å². The first-order valence-corrected chi connectivity index (χ1v) is 24.3. The van der Waals surface area contributed by atoms with E-state index in [0.29, 0.717) is 68.9 Å². The van der Waals surface area contributed by atoms with Gasteiger partial charge in [0.05, 0.1) is 56.4 Å². The molecule has 3 amide bonds. The molecule has 63 heavy (non-hydrogen) atoms. The number of amides is 3. The molecule has 15 nitrogen and oxygen atoms in total. The Morgan fingerprint density at radius 2 is 1.98 bits per heavy atom. The maximum Gasteiger partial charge on any atom is 0.286 e. The monoisotopic (exact) mass is 903 g/mol. The molecule has 338 valence electrons. The zero-order valence-electron chi connectivity index (χ0n) is 36.3. The van der Waals surface area contributed by atoms with E-state index in [1.807, 2.05) is 24.0 Å². The van der Waals surface area contributed by atoms with Crippen molar-refractivity contribution in [3.8, 4) is 11.6 Å². The quantitative estimate of drug-likeness (QED) is 0.338. The number of methoxy groups -OCH3 is 1. The number of benzene rings is 2. The van der Waals surface area contributed by atoms with Crippen LogP contribution in [0.3, 0.4) is 0 Å². The Morgan fingerprint density at radius 1 is 1.13 bits per heavy atom. The number of hydrogen-bond donors (Lipinski definition) is 2. The minimum absolute atomic E-state index is 0.0140. The van der Waals surface area contributed by atoms with Gasteiger partial charge >= 0.3 is 0 Å². The third-order valence-electron chi connectivity index (χ3n) is 14.2. The Kier molecular flexibility index (Phi) is 12.1. The van der Waals surface area contributed by atoms with Crippen LogP contribution >= 0.6 is 11.6 Å². The van der Waals surface area contributed by atoms with Crippen LogP contribution in [0.1, 0.15) is 77.3 Å². The number of anilines is 1. The summed E-state index contributed by atoms with van der Waals surface area (Å²) in [5.41, 5.74) is 1.46. The number of fused-ring (bicyclic) bond motifs is 5. The van der Waals surface area contributed by atoms with Crippen molar-refractivity contribution >= 4 is 44.9 Å². The average molecular weight is 905 g/mol. The summed E-state index contributed by atoms with van der Waals surface area (Å²) in [6, 6.07) is 11.4. The van der Waals surface area contributed by atoms with E-state index in [2.05, 4.69) is 36.1 Å². The van der Waals surface area contributed by atoms with Crippen LogP contribution in [0, 0.1) is 17.8 Å². The number of morpholine rings is 1. The van der Waals surface area contributed by atoms with Crippen molar-refractivity contribution in [3.05, 3.63) is 82.0 Å². The lowest BCUT2D eigenvalue weighted by Gasteiger charge is -2.50. The molecule has 4 aliphatic heterocycles. The summed E-state index contributed by atoms with van der Waals surface area (Å²) in [6.45, 7) is 7.42. The van der Waals surface area contributed by atoms with Gasteiger partial charge in [-0.15, -0.1) is 9.46 Å². The average Bonchev–Trinajstić information content (AvgIpc) is 3.56. The first-order chi connectivity index (χ1) is 30.2. The van der Waals surface area contributed by atoms with Gasteiger partial charge in [0.2, 0.25) is 11.8 Å². The molecular formula is C46H58ClN7O8S. The zero-order chi connectivity index (χ0) is 44.1. The lowest BCUT2D eigenvalue weighted by Crippen LogP contribution is -2.60. The topological polar surface area (TPSA) is 168 Å². The highest BCUT2D eigenvalue weighted by Gasteiger charge is 2.49. The number of halogens is 1. The molecular weight excluding hydrogens is 846 g/mol. The molecule has 2 aromatic carbocycles. The van der Waals surface area contributed by atoms with Crippen molar-refractivity contribution in [2.75, 3.05) is 76.9 Å². The van der Waals surface area contributed by atoms with Crippen molar-refractivity contribution in [3.63, 3.8) is 0 Å². The summed E-state index contributed by atoms with van der Waals surface area (Å²) in [7, 11) is -0.734. The number of rotatable bonds is 5. The second-order valence-electron chi connectivity index (χ2n) is 18.6. The molecule has 5 heterocycles. The van der Waals surface area contributed by atoms with E-state index in [4.69, 9.17) is 25.8 Å². The number of carbonyl (C=O) groups excluding carboxylic acids is 3. The zero-order valence-corrected chi connectivity index (χ0v) is 37.9. The summed E-state index contributed by atoms with van der Waals surface area (Å²) in [4.78, 5) is 48.9. The number of ether oxygens (including phenoxy) is 3. The minimum atomic E-state index is -3.75. The van der Waals surface area contributed by atoms with Crippen LogP contribution in [-0.2, 0) is 38.3 Å². The molecule has 3 fully saturated rings. The maximum atomic E-state index is 14.9. The van der Waals surface area contributed by atoms with Gasteiger partial charge in [-0.1, -0.05) is 36.7 Å². The Labute approximate surface area is 374 Å². The molecule has 1 saturated carbocycles. The highest BCUT2D eigenvalue weighted by atomic mass is 35.5. The van der Waals surface area contributed by atoms with Crippen LogP contribution in [0.4, 0.5) is 5.69 Å². The summed E-state index contributed by atoms with van der Waals surface area (Å²) in [6.07, 6.45) is 9.69. The van der Waals surface area contributed by atoms with Crippen LogP contribution in [0.5, 0.6) is 11.6 Å². The van der Waals surface area contributed by atoms with E-state index in [-0.39, 0.29) is 58.9 Å². The summed E-state index contributed by atoms with van der Waals surface area (Å²) in [5, 5.41) is 17.8. The van der Waals surface area contributed by atoms with Gasteiger partial charge in [-0.3, -0.25) is 28.7 Å². The van der Waals surface area contributed by atoms with E-state index in [1.165, 1.54) is 29.1 Å². The van der Waals surface area contributed by atoms with E-state index in [0.717, 1.165) is 45.2 Å². The normalized spacial score (nSPS) is 31.5. The molecule has 2 unspecified atom stereocenters. The Bertz CT molecular complexity index is 2440. The number of aromatic nitrogens is 2. The number of aliphatic hydroxyl groups is 1. The number of allylic oxidation sites excluding steroid dienone is 1. The fourth-order valence-electron chi connectivity index (χ4n) is 10.8. The first kappa shape index (κ1) is 43.8. The molecule has 17 heteroatoms. The standard InChI is InChI=1S/C46H58ClN7O8S/c1-30-6-4-15-46(58,22-41(55)53-17-16-52-18-19-61-26-35(52)24-53)38-11-8-33(38)23-54-28-45(14-5-7-31-20-34(47)10-12-37(31)45)29-62-40-13-9-32(21-39(40)54)42(56)49-63(59,27-30)50-43(57)36-25-51(2)48-44(36)60-3/h4,9-10,12-13,15,20-21,25,30,33,35,38,58H,5-8,11,14,16-19,22-24,26-29H2,1-3H3,(H,49,50,56,57,59)/b15-4-/t30-,33-,35?,38+,45-,46+,63?/m0/s1. The van der Waals surface area contributed by atoms with Crippen LogP contribution in [-0.4, -0.2) is 130 Å². The fraction of sp³-hybridized carbons (Fsp3) is 0.565. The molecule has 6 aliphatic rings. The SMILES string of the molecule is COc1nn(C)cc1C(=O)NS1(=O)=NC(=O)c2ccc3c(c2)N(C[C@@H]2CC[C@H]2[C@](O)(CC(=O)N2CCN4CCOCC4C2)/C=C\C[C@H](C)C1)C[C@@]1(CCCc2cc(Cl)ccc21)CO3. The van der Waals surface area contributed by atoms with Crippen molar-refractivity contribution in [2.24, 2.45) is 29.2 Å². The summed E-state index contributed by atoms with van der Waals surface area (Å²) in [5.74, 6) is -1.69. The van der Waals surface area contributed by atoms with Gasteiger partial charge in [0, 0.05) is 68.5 Å². The number of aryl methyl sites for hydroxylation is 2.